The van der Waals surface area contributed by atoms with Gasteiger partial charge in [0.25, 0.3) is 5.91 Å². The van der Waals surface area contributed by atoms with E-state index in [1.54, 1.807) is 11.9 Å². The lowest BCUT2D eigenvalue weighted by atomic mass is 10.1. The number of nitrogens with zero attached hydrogens (tertiary/aromatic N) is 1. The number of hydrogen-bond acceptors (Lipinski definition) is 3. The third-order valence-corrected chi connectivity index (χ3v) is 2.53. The van der Waals surface area contributed by atoms with E-state index >= 15 is 0 Å². The first-order valence-electron chi connectivity index (χ1n) is 5.66. The molecule has 0 saturated heterocycles. The first kappa shape index (κ1) is 13.7. The summed E-state index contributed by atoms with van der Waals surface area (Å²) in [6, 6.07) is 7.51. The van der Waals surface area contributed by atoms with Crippen molar-refractivity contribution in [1.82, 2.24) is 4.90 Å². The maximum absolute atomic E-state index is 12.1. The molecule has 4 nitrogen and oxygen atoms in total. The van der Waals surface area contributed by atoms with Crippen LogP contribution in [0.3, 0.4) is 0 Å². The largest absolute Gasteiger partial charge is 0.394 e. The summed E-state index contributed by atoms with van der Waals surface area (Å²) in [4.78, 5) is 13.7. The number of amides is 1. The molecule has 0 heterocycles. The molecule has 0 aliphatic rings. The third kappa shape index (κ3) is 4.17. The van der Waals surface area contributed by atoms with Crippen molar-refractivity contribution < 1.29 is 14.6 Å². The van der Waals surface area contributed by atoms with E-state index in [0.29, 0.717) is 19.8 Å². The van der Waals surface area contributed by atoms with Crippen LogP contribution in [0.25, 0.3) is 0 Å². The molecule has 0 fully saturated rings. The molecule has 0 saturated carbocycles. The number of hydrogen-bond donors (Lipinski definition) is 1. The smallest absolute Gasteiger partial charge is 0.253 e. The molecule has 0 radical (unpaired) electrons. The van der Waals surface area contributed by atoms with Crippen LogP contribution in [0.2, 0.25) is 0 Å². The van der Waals surface area contributed by atoms with Crippen molar-refractivity contribution in [2.45, 2.75) is 6.92 Å². The van der Waals surface area contributed by atoms with Crippen molar-refractivity contribution in [3.8, 4) is 0 Å². The van der Waals surface area contributed by atoms with E-state index in [4.69, 9.17) is 9.84 Å². The quantitative estimate of drug-likeness (QED) is 0.753. The van der Waals surface area contributed by atoms with Crippen LogP contribution in [-0.2, 0) is 4.74 Å². The number of aliphatic hydroxyl groups excluding tert-OH is 1. The molecule has 1 N–H and O–H groups in total. The number of ether oxygens (including phenoxy) is 1. The molecule has 4 heteroatoms. The van der Waals surface area contributed by atoms with E-state index in [-0.39, 0.29) is 12.5 Å². The lowest BCUT2D eigenvalue weighted by molar-refractivity contribution is 0.0618. The Balaban J connectivity index is 2.49. The Morgan fingerprint density at radius 2 is 2.06 bits per heavy atom. The summed E-state index contributed by atoms with van der Waals surface area (Å²) in [7, 11) is 1.75. The van der Waals surface area contributed by atoms with Gasteiger partial charge in [-0.25, -0.2) is 0 Å². The Kier molecular flexibility index (Phi) is 5.66. The molecule has 17 heavy (non-hydrogen) atoms. The van der Waals surface area contributed by atoms with Gasteiger partial charge in [0.2, 0.25) is 0 Å². The minimum Gasteiger partial charge on any atom is -0.394 e. The van der Waals surface area contributed by atoms with Gasteiger partial charge < -0.3 is 14.7 Å². The van der Waals surface area contributed by atoms with Crippen molar-refractivity contribution in [2.75, 3.05) is 33.4 Å². The molecule has 0 aliphatic heterocycles. The molecule has 94 valence electrons. The highest BCUT2D eigenvalue weighted by Crippen LogP contribution is 2.09. The first-order chi connectivity index (χ1) is 8.16. The zero-order chi connectivity index (χ0) is 12.7. The highest BCUT2D eigenvalue weighted by Gasteiger charge is 2.12. The minimum atomic E-state index is -0.00398. The maximum Gasteiger partial charge on any atom is 0.253 e. The molecule has 1 rings (SSSR count). The molecule has 0 bridgehead atoms. The molecular formula is C13H19NO3. The molecule has 0 atom stereocenters. The van der Waals surface area contributed by atoms with Crippen LogP contribution in [0.1, 0.15) is 15.9 Å². The average Bonchev–Trinajstić information content (AvgIpc) is 2.34. The normalized spacial score (nSPS) is 10.3. The zero-order valence-corrected chi connectivity index (χ0v) is 10.3. The monoisotopic (exact) mass is 237 g/mol. The summed E-state index contributed by atoms with van der Waals surface area (Å²) < 4.78 is 5.13. The Labute approximate surface area is 102 Å². The second-order valence-electron chi connectivity index (χ2n) is 3.88. The lowest BCUT2D eigenvalue weighted by Gasteiger charge is -2.18. The Hall–Kier alpha value is -1.39. The maximum atomic E-state index is 12.1. The van der Waals surface area contributed by atoms with Crippen molar-refractivity contribution in [1.29, 1.82) is 0 Å². The molecule has 0 spiro atoms. The van der Waals surface area contributed by atoms with Crippen LogP contribution < -0.4 is 0 Å². The zero-order valence-electron chi connectivity index (χ0n) is 10.3. The van der Waals surface area contributed by atoms with E-state index in [1.165, 1.54) is 0 Å². The Morgan fingerprint density at radius 3 is 2.71 bits per heavy atom. The predicted octanol–water partition coefficient (Wildman–Crippen LogP) is 1.08. The molecule has 1 aromatic rings. The summed E-state index contributed by atoms with van der Waals surface area (Å²) in [6.45, 7) is 3.20. The van der Waals surface area contributed by atoms with E-state index in [0.717, 1.165) is 11.1 Å². The van der Waals surface area contributed by atoms with Crippen LogP contribution >= 0.6 is 0 Å². The number of benzene rings is 1. The molecule has 1 amide bonds. The van der Waals surface area contributed by atoms with Gasteiger partial charge in [0, 0.05) is 19.2 Å². The van der Waals surface area contributed by atoms with Crippen molar-refractivity contribution in [3.63, 3.8) is 0 Å². The first-order valence-corrected chi connectivity index (χ1v) is 5.66. The van der Waals surface area contributed by atoms with Gasteiger partial charge in [-0.05, 0) is 18.6 Å². The summed E-state index contributed by atoms with van der Waals surface area (Å²) in [5.41, 5.74) is 1.69. The third-order valence-electron chi connectivity index (χ3n) is 2.53. The SMILES string of the molecule is Cc1ccccc1C(=O)N(C)CCOCCO. The minimum absolute atomic E-state index is 0.00398. The second kappa shape index (κ2) is 7.04. The fourth-order valence-electron chi connectivity index (χ4n) is 1.49. The standard InChI is InChI=1S/C13H19NO3/c1-11-5-3-4-6-12(11)13(16)14(2)7-9-17-10-8-15/h3-6,15H,7-10H2,1-2H3. The van der Waals surface area contributed by atoms with Crippen molar-refractivity contribution in [3.05, 3.63) is 35.4 Å². The highest BCUT2D eigenvalue weighted by molar-refractivity contribution is 5.95. The number of aliphatic hydroxyl groups is 1. The Bertz CT molecular complexity index is 365. The highest BCUT2D eigenvalue weighted by atomic mass is 16.5. The van der Waals surface area contributed by atoms with Crippen molar-refractivity contribution >= 4 is 5.91 Å². The van der Waals surface area contributed by atoms with Gasteiger partial charge in [-0.1, -0.05) is 18.2 Å². The second-order valence-corrected chi connectivity index (χ2v) is 3.88. The van der Waals surface area contributed by atoms with Crippen LogP contribution in [0.4, 0.5) is 0 Å². The average molecular weight is 237 g/mol. The van der Waals surface area contributed by atoms with Crippen LogP contribution in [0, 0.1) is 6.92 Å². The van der Waals surface area contributed by atoms with E-state index in [1.807, 2.05) is 31.2 Å². The number of likely N-dealkylation sites (N-methyl/N-ethyl adjacent to an activating group) is 1. The van der Waals surface area contributed by atoms with Gasteiger partial charge in [-0.2, -0.15) is 0 Å². The topological polar surface area (TPSA) is 49.8 Å². The summed E-state index contributed by atoms with van der Waals surface area (Å²) in [5.74, 6) is -0.00398. The number of rotatable bonds is 6. The number of aryl methyl sites for hydroxylation is 1. The fourth-order valence-corrected chi connectivity index (χ4v) is 1.49. The summed E-state index contributed by atoms with van der Waals surface area (Å²) >= 11 is 0. The summed E-state index contributed by atoms with van der Waals surface area (Å²) in [5, 5.41) is 8.55. The van der Waals surface area contributed by atoms with Gasteiger partial charge >= 0.3 is 0 Å². The molecular weight excluding hydrogens is 218 g/mol. The van der Waals surface area contributed by atoms with Gasteiger partial charge in [0.05, 0.1) is 19.8 Å². The summed E-state index contributed by atoms with van der Waals surface area (Å²) in [6.07, 6.45) is 0. The van der Waals surface area contributed by atoms with E-state index in [9.17, 15) is 4.79 Å². The van der Waals surface area contributed by atoms with Crippen LogP contribution in [-0.4, -0.2) is 49.3 Å². The predicted molar refractivity (Wildman–Crippen MR) is 66.0 cm³/mol. The number of carbonyl (C=O) groups is 1. The van der Waals surface area contributed by atoms with Crippen LogP contribution in [0.5, 0.6) is 0 Å². The van der Waals surface area contributed by atoms with E-state index < -0.39 is 0 Å². The van der Waals surface area contributed by atoms with Crippen molar-refractivity contribution in [2.24, 2.45) is 0 Å². The van der Waals surface area contributed by atoms with Crippen LogP contribution in [0.15, 0.2) is 24.3 Å². The van der Waals surface area contributed by atoms with Gasteiger partial charge in [-0.15, -0.1) is 0 Å². The molecule has 1 aromatic carbocycles. The van der Waals surface area contributed by atoms with Gasteiger partial charge in [0.15, 0.2) is 0 Å². The number of carbonyl (C=O) groups excluding carboxylic acids is 1. The molecule has 0 aromatic heterocycles. The van der Waals surface area contributed by atoms with E-state index in [2.05, 4.69) is 0 Å². The Morgan fingerprint density at radius 1 is 1.35 bits per heavy atom. The fraction of sp³-hybridized carbons (Fsp3) is 0.462. The molecule has 0 aliphatic carbocycles. The molecule has 0 unspecified atom stereocenters. The van der Waals surface area contributed by atoms with Gasteiger partial charge in [0.1, 0.15) is 0 Å². The van der Waals surface area contributed by atoms with Gasteiger partial charge in [-0.3, -0.25) is 4.79 Å². The lowest BCUT2D eigenvalue weighted by Crippen LogP contribution is -2.30.